The van der Waals surface area contributed by atoms with Crippen molar-refractivity contribution in [3.05, 3.63) is 0 Å². The molecule has 0 bridgehead atoms. The van der Waals surface area contributed by atoms with Gasteiger partial charge in [0, 0.05) is 0 Å². The fraction of sp³-hybridized carbons (Fsp3) is 1.00. The molecule has 0 aromatic rings. The molecule has 36 nitrogen and oxygen atoms in total. The van der Waals surface area contributed by atoms with Gasteiger partial charge in [0.1, 0.15) is 128 Å². The van der Waals surface area contributed by atoms with Crippen molar-refractivity contribution in [2.24, 2.45) is 40.1 Å². The lowest BCUT2D eigenvalue weighted by molar-refractivity contribution is -0.369. The highest BCUT2D eigenvalue weighted by Gasteiger charge is 2.57. The second-order valence-electron chi connectivity index (χ2n) is 20.2. The molecule has 0 spiro atoms. The van der Waals surface area contributed by atoms with E-state index in [2.05, 4.69) is 0 Å². The molecular formula is C42H79N7O29. The molecule has 0 aromatic carbocycles. The number of aliphatic hydroxyl groups excluding tert-OH is 16. The van der Waals surface area contributed by atoms with E-state index in [4.69, 9.17) is 102 Å². The second kappa shape index (κ2) is 27.5. The molecule has 35 unspecified atom stereocenters. The summed E-state index contributed by atoms with van der Waals surface area (Å²) in [6, 6.07) is -10.6. The molecule has 0 aromatic heterocycles. The average Bonchev–Trinajstić information content (AvgIpc) is 3.45. The quantitative estimate of drug-likeness (QED) is 0.0571. The third-order valence-corrected chi connectivity index (χ3v) is 15.1. The summed E-state index contributed by atoms with van der Waals surface area (Å²) in [4.78, 5) is 0. The predicted molar refractivity (Wildman–Crippen MR) is 246 cm³/mol. The van der Waals surface area contributed by atoms with Crippen molar-refractivity contribution in [2.75, 3.05) is 46.2 Å². The second-order valence-corrected chi connectivity index (χ2v) is 20.2. The zero-order chi connectivity index (χ0) is 57.3. The van der Waals surface area contributed by atoms with E-state index in [9.17, 15) is 81.7 Å². The summed E-state index contributed by atoms with van der Waals surface area (Å²) >= 11 is 0. The number of nitrogens with two attached hydrogens (primary N) is 7. The summed E-state index contributed by atoms with van der Waals surface area (Å²) in [7, 11) is 0. The zero-order valence-electron chi connectivity index (χ0n) is 41.7. The van der Waals surface area contributed by atoms with Gasteiger partial charge in [0.05, 0.1) is 88.5 Å². The van der Waals surface area contributed by atoms with Gasteiger partial charge < -0.3 is 183 Å². The van der Waals surface area contributed by atoms with Crippen LogP contribution in [0, 0.1) is 0 Å². The van der Waals surface area contributed by atoms with Gasteiger partial charge in [-0.15, -0.1) is 0 Å². The van der Waals surface area contributed by atoms with Crippen LogP contribution in [-0.2, 0) is 61.6 Å². The van der Waals surface area contributed by atoms with E-state index in [1.54, 1.807) is 0 Å². The molecule has 7 fully saturated rings. The topological polar surface area (TPSA) is 626 Å². The maximum Gasteiger partial charge on any atom is 0.176 e. The van der Waals surface area contributed by atoms with Crippen LogP contribution in [-0.4, -0.2) is 342 Å². The fourth-order valence-electron chi connectivity index (χ4n) is 10.3. The van der Waals surface area contributed by atoms with Crippen molar-refractivity contribution in [2.45, 2.75) is 215 Å². The third kappa shape index (κ3) is 12.9. The summed E-state index contributed by atoms with van der Waals surface area (Å²) in [6.07, 6.45) is -44.9. The average molecular weight is 1150 g/mol. The van der Waals surface area contributed by atoms with Gasteiger partial charge in [0.25, 0.3) is 0 Å². The van der Waals surface area contributed by atoms with E-state index < -0.39 is 261 Å². The van der Waals surface area contributed by atoms with Crippen molar-refractivity contribution in [1.82, 2.24) is 0 Å². The Morgan fingerprint density at radius 3 is 0.628 bits per heavy atom. The Morgan fingerprint density at radius 2 is 0.410 bits per heavy atom. The van der Waals surface area contributed by atoms with Crippen LogP contribution in [0.1, 0.15) is 0 Å². The first kappa shape index (κ1) is 64.1. The van der Waals surface area contributed by atoms with Crippen molar-refractivity contribution < 1.29 is 143 Å². The Hall–Kier alpha value is -1.44. The minimum atomic E-state index is -1.83. The van der Waals surface area contributed by atoms with Crippen LogP contribution in [0.5, 0.6) is 0 Å². The lowest BCUT2D eigenvalue weighted by Gasteiger charge is -2.50. The zero-order valence-corrected chi connectivity index (χ0v) is 41.7. The van der Waals surface area contributed by atoms with E-state index in [0.29, 0.717) is 0 Å². The molecule has 456 valence electrons. The highest BCUT2D eigenvalue weighted by molar-refractivity contribution is 5.03. The Morgan fingerprint density at radius 1 is 0.231 bits per heavy atom. The molecule has 35 atom stereocenters. The van der Waals surface area contributed by atoms with Gasteiger partial charge in [-0.2, -0.15) is 0 Å². The minimum Gasteiger partial charge on any atom is -0.394 e. The highest BCUT2D eigenvalue weighted by Crippen LogP contribution is 2.36. The largest absolute Gasteiger partial charge is 0.394 e. The minimum absolute atomic E-state index is 0.740. The van der Waals surface area contributed by atoms with Gasteiger partial charge in [0.2, 0.25) is 0 Å². The molecule has 0 aliphatic carbocycles. The van der Waals surface area contributed by atoms with Gasteiger partial charge in [-0.05, 0) is 0 Å². The van der Waals surface area contributed by atoms with Crippen molar-refractivity contribution in [3.8, 4) is 0 Å². The van der Waals surface area contributed by atoms with Gasteiger partial charge in [-0.25, -0.2) is 0 Å². The number of hydrogen-bond acceptors (Lipinski definition) is 36. The highest BCUT2D eigenvalue weighted by atomic mass is 16.8. The Bertz CT molecular complexity index is 1830. The van der Waals surface area contributed by atoms with Gasteiger partial charge >= 0.3 is 0 Å². The SMILES string of the molecule is NC1C(OC2C(CO)OC(OC3C(CO)OC(OC4C(CO)OC(OC5C(CO)OC(OC6C(CO)OC(OC7C(CO)OC(O)C(N)C7O)C(N)C6O)C(N)C5O)C(N)C4O)C(N)C3O)C(N)C2O)OC(CO)C(O)C1O. The standard InChI is InChI=1S/C42H79N7O29/c43-15-24(59)30(9(2-51)66-36(15)65)73-38-17(45)26(61)32(11(4-53)68-38)75-40-19(47)28(63)34(13(6-55)70-40)77-42-21(49)29(64)35(14(7-56)72-42)78-41-20(48)27(62)33(12(5-54)71-41)76-39-18(46)25(60)31(10(3-52)69-39)74-37-16(44)23(58)22(57)8(1-50)67-37/h8-42,50-65H,1-7,43-49H2. The normalized spacial score (nSPS) is 53.5. The molecule has 30 N–H and O–H groups in total. The maximum absolute atomic E-state index is 11.5. The summed E-state index contributed by atoms with van der Waals surface area (Å²) in [5.74, 6) is 0. The first-order chi connectivity index (χ1) is 37.0. The predicted octanol–water partition coefficient (Wildman–Crippen LogP) is -16.5. The summed E-state index contributed by atoms with van der Waals surface area (Å²) < 4.78 is 75.1. The van der Waals surface area contributed by atoms with Crippen LogP contribution in [0.25, 0.3) is 0 Å². The Labute approximate surface area is 443 Å². The fourth-order valence-corrected chi connectivity index (χ4v) is 10.3. The third-order valence-electron chi connectivity index (χ3n) is 15.1. The van der Waals surface area contributed by atoms with Crippen LogP contribution < -0.4 is 40.1 Å². The van der Waals surface area contributed by atoms with E-state index >= 15 is 0 Å². The first-order valence-corrected chi connectivity index (χ1v) is 25.2. The summed E-state index contributed by atoms with van der Waals surface area (Å²) in [6.45, 7) is -5.87. The monoisotopic (exact) mass is 1150 g/mol. The van der Waals surface area contributed by atoms with Gasteiger partial charge in [-0.1, -0.05) is 0 Å². The molecule has 7 saturated heterocycles. The maximum atomic E-state index is 11.5. The smallest absolute Gasteiger partial charge is 0.176 e. The van der Waals surface area contributed by atoms with E-state index in [-0.39, 0.29) is 0 Å². The van der Waals surface area contributed by atoms with E-state index in [1.807, 2.05) is 0 Å². The first-order valence-electron chi connectivity index (χ1n) is 25.2. The lowest BCUT2D eigenvalue weighted by Crippen LogP contribution is -2.71. The summed E-state index contributed by atoms with van der Waals surface area (Å²) in [5.41, 5.74) is 43.4. The molecule has 78 heavy (non-hydrogen) atoms. The number of rotatable bonds is 19. The van der Waals surface area contributed by atoms with Crippen LogP contribution in [0.3, 0.4) is 0 Å². The summed E-state index contributed by atoms with van der Waals surface area (Å²) in [5, 5.41) is 169. The lowest BCUT2D eigenvalue weighted by atomic mass is 9.93. The van der Waals surface area contributed by atoms with E-state index in [1.165, 1.54) is 0 Å². The Kier molecular flexibility index (Phi) is 22.6. The van der Waals surface area contributed by atoms with Gasteiger partial charge in [-0.3, -0.25) is 0 Å². The van der Waals surface area contributed by atoms with Crippen LogP contribution in [0.4, 0.5) is 0 Å². The van der Waals surface area contributed by atoms with Gasteiger partial charge in [0.15, 0.2) is 44.0 Å². The number of ether oxygens (including phenoxy) is 13. The molecule has 7 aliphatic heterocycles. The molecular weight excluding hydrogens is 1070 g/mol. The molecule has 7 heterocycles. The molecule has 0 radical (unpaired) electrons. The van der Waals surface area contributed by atoms with Crippen molar-refractivity contribution in [3.63, 3.8) is 0 Å². The molecule has 7 rings (SSSR count). The molecule has 7 aliphatic rings. The Balaban J connectivity index is 0.947. The molecule has 36 heteroatoms. The van der Waals surface area contributed by atoms with Crippen molar-refractivity contribution >= 4 is 0 Å². The number of aliphatic hydroxyl groups is 16. The van der Waals surface area contributed by atoms with Crippen molar-refractivity contribution in [1.29, 1.82) is 0 Å². The molecule has 0 amide bonds. The van der Waals surface area contributed by atoms with Crippen LogP contribution in [0.15, 0.2) is 0 Å². The van der Waals surface area contributed by atoms with E-state index in [0.717, 1.165) is 0 Å². The number of hydrogen-bond donors (Lipinski definition) is 23. The molecule has 0 saturated carbocycles. The van der Waals surface area contributed by atoms with Crippen LogP contribution >= 0.6 is 0 Å². The van der Waals surface area contributed by atoms with Crippen LogP contribution in [0.2, 0.25) is 0 Å².